The highest BCUT2D eigenvalue weighted by Gasteiger charge is 2.03. The highest BCUT2D eigenvalue weighted by atomic mass is 16.5. The minimum absolute atomic E-state index is 0.257. The largest absolute Gasteiger partial charge is 0.494 e. The molecule has 110 valence electrons. The summed E-state index contributed by atoms with van der Waals surface area (Å²) in [5.74, 6) is 0.791. The molecule has 0 aromatic heterocycles. The average molecular weight is 284 g/mol. The van der Waals surface area contributed by atoms with Crippen LogP contribution in [-0.2, 0) is 6.42 Å². The fourth-order valence-corrected chi connectivity index (χ4v) is 1.96. The Hall–Kier alpha value is -2.49. The molecule has 2 aromatic rings. The monoisotopic (exact) mass is 284 g/mol. The van der Waals surface area contributed by atoms with E-state index in [1.165, 1.54) is 5.56 Å². The number of aryl methyl sites for hydroxylation is 1. The molecule has 0 heterocycles. The van der Waals surface area contributed by atoms with E-state index in [1.54, 1.807) is 0 Å². The molecule has 0 atom stereocenters. The van der Waals surface area contributed by atoms with E-state index < -0.39 is 0 Å². The van der Waals surface area contributed by atoms with Crippen LogP contribution < -0.4 is 15.4 Å². The quantitative estimate of drug-likeness (QED) is 0.860. The molecule has 0 saturated carbocycles. The van der Waals surface area contributed by atoms with Gasteiger partial charge in [0.2, 0.25) is 0 Å². The fraction of sp³-hybridized carbons (Fsp3) is 0.235. The molecule has 0 fully saturated rings. The second kappa shape index (κ2) is 7.33. The lowest BCUT2D eigenvalue weighted by molar-refractivity contribution is 0.262. The maximum Gasteiger partial charge on any atom is 0.323 e. The van der Waals surface area contributed by atoms with Crippen LogP contribution in [0, 0.1) is 0 Å². The molecule has 0 bridgehead atoms. The lowest BCUT2D eigenvalue weighted by atomic mass is 10.1. The SMILES string of the molecule is CCOc1ccc(NC(=O)Nc2cccc(CC)c2)cc1. The zero-order chi connectivity index (χ0) is 15.1. The zero-order valence-electron chi connectivity index (χ0n) is 12.3. The van der Waals surface area contributed by atoms with E-state index in [2.05, 4.69) is 17.6 Å². The van der Waals surface area contributed by atoms with Crippen LogP contribution >= 0.6 is 0 Å². The maximum atomic E-state index is 11.9. The molecule has 0 spiro atoms. The Morgan fingerprint density at radius 1 is 1.00 bits per heavy atom. The third-order valence-corrected chi connectivity index (χ3v) is 3.02. The van der Waals surface area contributed by atoms with Crippen LogP contribution in [0.3, 0.4) is 0 Å². The summed E-state index contributed by atoms with van der Waals surface area (Å²) in [5, 5.41) is 5.62. The molecular weight excluding hydrogens is 264 g/mol. The van der Waals surface area contributed by atoms with Crippen molar-refractivity contribution in [2.24, 2.45) is 0 Å². The van der Waals surface area contributed by atoms with Crippen molar-refractivity contribution in [1.82, 2.24) is 0 Å². The van der Waals surface area contributed by atoms with Gasteiger partial charge in [-0.15, -0.1) is 0 Å². The molecule has 2 N–H and O–H groups in total. The summed E-state index contributed by atoms with van der Waals surface area (Å²) in [6, 6.07) is 14.8. The van der Waals surface area contributed by atoms with Gasteiger partial charge in [0.15, 0.2) is 0 Å². The van der Waals surface area contributed by atoms with Crippen molar-refractivity contribution in [3.05, 3.63) is 54.1 Å². The number of nitrogens with one attached hydrogen (secondary N) is 2. The third-order valence-electron chi connectivity index (χ3n) is 3.02. The van der Waals surface area contributed by atoms with E-state index in [9.17, 15) is 4.79 Å². The van der Waals surface area contributed by atoms with Crippen molar-refractivity contribution in [1.29, 1.82) is 0 Å². The summed E-state index contributed by atoms with van der Waals surface area (Å²) < 4.78 is 5.36. The molecule has 2 rings (SSSR count). The van der Waals surface area contributed by atoms with Crippen molar-refractivity contribution in [3.8, 4) is 5.75 Å². The van der Waals surface area contributed by atoms with Crippen molar-refractivity contribution in [2.75, 3.05) is 17.2 Å². The molecule has 2 amide bonds. The number of urea groups is 1. The minimum Gasteiger partial charge on any atom is -0.494 e. The molecule has 0 aliphatic rings. The first-order valence-electron chi connectivity index (χ1n) is 7.11. The molecule has 0 aliphatic heterocycles. The zero-order valence-corrected chi connectivity index (χ0v) is 12.3. The summed E-state index contributed by atoms with van der Waals surface area (Å²) in [4.78, 5) is 11.9. The Bertz CT molecular complexity index is 594. The minimum atomic E-state index is -0.257. The molecule has 0 unspecified atom stereocenters. The van der Waals surface area contributed by atoms with Crippen LogP contribution in [-0.4, -0.2) is 12.6 Å². The lowest BCUT2D eigenvalue weighted by Crippen LogP contribution is -2.19. The number of hydrogen-bond donors (Lipinski definition) is 2. The Labute approximate surface area is 125 Å². The Balaban J connectivity index is 1.94. The Morgan fingerprint density at radius 3 is 2.38 bits per heavy atom. The van der Waals surface area contributed by atoms with E-state index >= 15 is 0 Å². The number of benzene rings is 2. The summed E-state index contributed by atoms with van der Waals surface area (Å²) in [7, 11) is 0. The van der Waals surface area contributed by atoms with E-state index in [0.29, 0.717) is 6.61 Å². The van der Waals surface area contributed by atoms with E-state index in [-0.39, 0.29) is 6.03 Å². The second-order valence-electron chi connectivity index (χ2n) is 4.59. The van der Waals surface area contributed by atoms with Crippen molar-refractivity contribution >= 4 is 17.4 Å². The number of carbonyl (C=O) groups is 1. The average Bonchev–Trinajstić information content (AvgIpc) is 2.49. The van der Waals surface area contributed by atoms with Gasteiger partial charge in [0.25, 0.3) is 0 Å². The van der Waals surface area contributed by atoms with Crippen molar-refractivity contribution < 1.29 is 9.53 Å². The summed E-state index contributed by atoms with van der Waals surface area (Å²) >= 11 is 0. The first-order valence-corrected chi connectivity index (χ1v) is 7.11. The predicted octanol–water partition coefficient (Wildman–Crippen LogP) is 4.29. The summed E-state index contributed by atoms with van der Waals surface area (Å²) in [5.41, 5.74) is 2.70. The van der Waals surface area contributed by atoms with Gasteiger partial charge in [0.1, 0.15) is 5.75 Å². The lowest BCUT2D eigenvalue weighted by Gasteiger charge is -2.09. The molecule has 0 aliphatic carbocycles. The predicted molar refractivity (Wildman–Crippen MR) is 86.1 cm³/mol. The van der Waals surface area contributed by atoms with Gasteiger partial charge in [-0.05, 0) is 55.3 Å². The normalized spacial score (nSPS) is 10.0. The Kier molecular flexibility index (Phi) is 5.21. The van der Waals surface area contributed by atoms with Crippen LogP contribution in [0.25, 0.3) is 0 Å². The molecular formula is C17H20N2O2. The molecule has 4 heteroatoms. The fourth-order valence-electron chi connectivity index (χ4n) is 1.96. The van der Waals surface area contributed by atoms with Crippen LogP contribution in [0.4, 0.5) is 16.2 Å². The molecule has 0 radical (unpaired) electrons. The van der Waals surface area contributed by atoms with Gasteiger partial charge < -0.3 is 15.4 Å². The van der Waals surface area contributed by atoms with Gasteiger partial charge >= 0.3 is 6.03 Å². The molecule has 0 saturated heterocycles. The first-order chi connectivity index (χ1) is 10.2. The van der Waals surface area contributed by atoms with Gasteiger partial charge in [-0.1, -0.05) is 19.1 Å². The van der Waals surface area contributed by atoms with Gasteiger partial charge in [-0.25, -0.2) is 4.79 Å². The van der Waals surface area contributed by atoms with Crippen LogP contribution in [0.1, 0.15) is 19.4 Å². The van der Waals surface area contributed by atoms with E-state index in [4.69, 9.17) is 4.74 Å². The molecule has 4 nitrogen and oxygen atoms in total. The number of rotatable bonds is 5. The summed E-state index contributed by atoms with van der Waals surface area (Å²) in [6.07, 6.45) is 0.941. The first kappa shape index (κ1) is 14.9. The van der Waals surface area contributed by atoms with E-state index in [0.717, 1.165) is 23.5 Å². The topological polar surface area (TPSA) is 50.4 Å². The van der Waals surface area contributed by atoms with Crippen molar-refractivity contribution in [3.63, 3.8) is 0 Å². The molecule has 21 heavy (non-hydrogen) atoms. The standard InChI is InChI=1S/C17H20N2O2/c1-3-13-6-5-7-15(12-13)19-17(20)18-14-8-10-16(11-9-14)21-4-2/h5-12H,3-4H2,1-2H3,(H2,18,19,20). The third kappa shape index (κ3) is 4.53. The van der Waals surface area contributed by atoms with E-state index in [1.807, 2.05) is 55.5 Å². The van der Waals surface area contributed by atoms with Gasteiger partial charge in [-0.2, -0.15) is 0 Å². The van der Waals surface area contributed by atoms with Gasteiger partial charge in [0, 0.05) is 11.4 Å². The van der Waals surface area contributed by atoms with Gasteiger partial charge in [-0.3, -0.25) is 0 Å². The number of amides is 2. The van der Waals surface area contributed by atoms with Crippen LogP contribution in [0.15, 0.2) is 48.5 Å². The number of carbonyl (C=O) groups excluding carboxylic acids is 1. The summed E-state index contributed by atoms with van der Waals surface area (Å²) in [6.45, 7) is 4.64. The highest BCUT2D eigenvalue weighted by molar-refractivity contribution is 5.99. The molecule has 2 aromatic carbocycles. The van der Waals surface area contributed by atoms with Crippen LogP contribution in [0.5, 0.6) is 5.75 Å². The number of hydrogen-bond acceptors (Lipinski definition) is 2. The van der Waals surface area contributed by atoms with Crippen molar-refractivity contribution in [2.45, 2.75) is 20.3 Å². The number of anilines is 2. The second-order valence-corrected chi connectivity index (χ2v) is 4.59. The smallest absolute Gasteiger partial charge is 0.323 e. The maximum absolute atomic E-state index is 11.9. The van der Waals surface area contributed by atoms with Gasteiger partial charge in [0.05, 0.1) is 6.61 Å². The number of ether oxygens (including phenoxy) is 1. The van der Waals surface area contributed by atoms with Crippen LogP contribution in [0.2, 0.25) is 0 Å². The highest BCUT2D eigenvalue weighted by Crippen LogP contribution is 2.16. The Morgan fingerprint density at radius 2 is 1.71 bits per heavy atom.